The number of nitrogens with one attached hydrogen (secondary N) is 1. The molecule has 1 aromatic heterocycles. The third-order valence-electron chi connectivity index (χ3n) is 3.10. The normalized spacial score (nSPS) is 16.6. The number of aromatic nitrogens is 1. The first-order chi connectivity index (χ1) is 8.63. The molecule has 1 aliphatic rings. The molecule has 0 saturated heterocycles. The number of thiazole rings is 1. The standard InChI is InChI=1S/C12H18N2O2S2/c1-9-14-10(5-18-9)4-17-6-11(16)13-7-12(8-15)2-3-12/h5,15H,2-4,6-8H2,1H3,(H,13,16). The quantitative estimate of drug-likeness (QED) is 0.799. The summed E-state index contributed by atoms with van der Waals surface area (Å²) >= 11 is 3.21. The molecule has 1 aliphatic carbocycles. The van der Waals surface area contributed by atoms with Gasteiger partial charge < -0.3 is 10.4 Å². The highest BCUT2D eigenvalue weighted by atomic mass is 32.2. The number of hydrogen-bond donors (Lipinski definition) is 2. The van der Waals surface area contributed by atoms with Crippen LogP contribution in [0.1, 0.15) is 23.5 Å². The van der Waals surface area contributed by atoms with Crippen molar-refractivity contribution in [2.24, 2.45) is 5.41 Å². The number of rotatable bonds is 7. The summed E-state index contributed by atoms with van der Waals surface area (Å²) in [7, 11) is 0. The molecule has 0 spiro atoms. The Kier molecular flexibility index (Phi) is 4.64. The third-order valence-corrected chi connectivity index (χ3v) is 4.89. The van der Waals surface area contributed by atoms with Crippen LogP contribution in [0.3, 0.4) is 0 Å². The Balaban J connectivity index is 1.60. The summed E-state index contributed by atoms with van der Waals surface area (Å²) in [5, 5.41) is 15.1. The first kappa shape index (κ1) is 13.8. The number of aryl methyl sites for hydroxylation is 1. The van der Waals surface area contributed by atoms with E-state index in [2.05, 4.69) is 10.3 Å². The van der Waals surface area contributed by atoms with Crippen LogP contribution in [-0.4, -0.2) is 34.9 Å². The first-order valence-electron chi connectivity index (χ1n) is 6.00. The molecule has 1 heterocycles. The summed E-state index contributed by atoms with van der Waals surface area (Å²) < 4.78 is 0. The topological polar surface area (TPSA) is 62.2 Å². The fraction of sp³-hybridized carbons (Fsp3) is 0.667. The summed E-state index contributed by atoms with van der Waals surface area (Å²) in [5.74, 6) is 1.28. The molecular weight excluding hydrogens is 268 g/mol. The van der Waals surface area contributed by atoms with Crippen LogP contribution in [-0.2, 0) is 10.5 Å². The Morgan fingerprint density at radius 1 is 1.67 bits per heavy atom. The summed E-state index contributed by atoms with van der Waals surface area (Å²) in [6, 6.07) is 0. The van der Waals surface area contributed by atoms with E-state index in [-0.39, 0.29) is 17.9 Å². The minimum absolute atomic E-state index is 0.00759. The highest BCUT2D eigenvalue weighted by Crippen LogP contribution is 2.44. The maximum Gasteiger partial charge on any atom is 0.230 e. The molecule has 1 amide bonds. The van der Waals surface area contributed by atoms with Crippen LogP contribution in [0.25, 0.3) is 0 Å². The van der Waals surface area contributed by atoms with Crippen molar-refractivity contribution in [1.29, 1.82) is 0 Å². The van der Waals surface area contributed by atoms with Crippen LogP contribution in [0.5, 0.6) is 0 Å². The molecule has 0 radical (unpaired) electrons. The Morgan fingerprint density at radius 3 is 3.00 bits per heavy atom. The Morgan fingerprint density at radius 2 is 2.44 bits per heavy atom. The van der Waals surface area contributed by atoms with E-state index in [4.69, 9.17) is 5.11 Å². The number of aliphatic hydroxyl groups is 1. The fourth-order valence-corrected chi connectivity index (χ4v) is 3.09. The van der Waals surface area contributed by atoms with Gasteiger partial charge in [0, 0.05) is 23.1 Å². The van der Waals surface area contributed by atoms with Crippen molar-refractivity contribution < 1.29 is 9.90 Å². The van der Waals surface area contributed by atoms with Crippen LogP contribution < -0.4 is 5.32 Å². The molecule has 2 rings (SSSR count). The van der Waals surface area contributed by atoms with Gasteiger partial charge in [0.15, 0.2) is 0 Å². The molecule has 1 saturated carbocycles. The molecule has 18 heavy (non-hydrogen) atoms. The van der Waals surface area contributed by atoms with Crippen molar-refractivity contribution in [3.63, 3.8) is 0 Å². The highest BCUT2D eigenvalue weighted by molar-refractivity contribution is 7.99. The zero-order valence-corrected chi connectivity index (χ0v) is 12.1. The summed E-state index contributed by atoms with van der Waals surface area (Å²) in [6.07, 6.45) is 2.05. The highest BCUT2D eigenvalue weighted by Gasteiger charge is 2.41. The van der Waals surface area contributed by atoms with Gasteiger partial charge in [-0.2, -0.15) is 0 Å². The Labute approximate surface area is 115 Å². The summed E-state index contributed by atoms with van der Waals surface area (Å²) in [6.45, 7) is 2.77. The average molecular weight is 286 g/mol. The van der Waals surface area contributed by atoms with Gasteiger partial charge in [0.1, 0.15) is 0 Å². The van der Waals surface area contributed by atoms with Crippen LogP contribution in [0, 0.1) is 12.3 Å². The zero-order valence-electron chi connectivity index (χ0n) is 10.4. The lowest BCUT2D eigenvalue weighted by Gasteiger charge is -2.12. The fourth-order valence-electron chi connectivity index (χ4n) is 1.63. The van der Waals surface area contributed by atoms with Gasteiger partial charge in [-0.25, -0.2) is 4.98 Å². The minimum Gasteiger partial charge on any atom is -0.396 e. The molecular formula is C12H18N2O2S2. The number of hydrogen-bond acceptors (Lipinski definition) is 5. The Bertz CT molecular complexity index is 416. The Hall–Kier alpha value is -0.590. The number of aliphatic hydroxyl groups excluding tert-OH is 1. The molecule has 0 aromatic carbocycles. The monoisotopic (exact) mass is 286 g/mol. The maximum absolute atomic E-state index is 11.6. The van der Waals surface area contributed by atoms with Crippen LogP contribution in [0.15, 0.2) is 5.38 Å². The predicted octanol–water partition coefficient (Wildman–Crippen LogP) is 1.57. The summed E-state index contributed by atoms with van der Waals surface area (Å²) in [5.41, 5.74) is 1.04. The van der Waals surface area contributed by atoms with Crippen LogP contribution >= 0.6 is 23.1 Å². The van der Waals surface area contributed by atoms with Gasteiger partial charge in [0.25, 0.3) is 0 Å². The van der Waals surface area contributed by atoms with Gasteiger partial charge in [0.05, 0.1) is 23.1 Å². The molecule has 2 N–H and O–H groups in total. The van der Waals surface area contributed by atoms with Gasteiger partial charge in [-0.1, -0.05) is 0 Å². The molecule has 1 aromatic rings. The van der Waals surface area contributed by atoms with E-state index in [0.717, 1.165) is 29.3 Å². The van der Waals surface area contributed by atoms with Crippen molar-refractivity contribution in [2.75, 3.05) is 18.9 Å². The molecule has 0 atom stereocenters. The number of nitrogens with zero attached hydrogens (tertiary/aromatic N) is 1. The van der Waals surface area contributed by atoms with E-state index in [0.29, 0.717) is 12.3 Å². The smallest absolute Gasteiger partial charge is 0.230 e. The molecule has 0 aliphatic heterocycles. The second kappa shape index (κ2) is 6.04. The molecule has 0 bridgehead atoms. The van der Waals surface area contributed by atoms with E-state index in [1.165, 1.54) is 0 Å². The van der Waals surface area contributed by atoms with E-state index in [1.807, 2.05) is 12.3 Å². The number of amides is 1. The zero-order chi connectivity index (χ0) is 13.0. The van der Waals surface area contributed by atoms with Crippen molar-refractivity contribution in [3.8, 4) is 0 Å². The van der Waals surface area contributed by atoms with E-state index in [1.54, 1.807) is 23.1 Å². The molecule has 100 valence electrons. The molecule has 4 nitrogen and oxygen atoms in total. The van der Waals surface area contributed by atoms with E-state index >= 15 is 0 Å². The van der Waals surface area contributed by atoms with Gasteiger partial charge in [-0.05, 0) is 19.8 Å². The van der Waals surface area contributed by atoms with Gasteiger partial charge in [-0.3, -0.25) is 4.79 Å². The number of carbonyl (C=O) groups is 1. The molecule has 1 fully saturated rings. The molecule has 6 heteroatoms. The average Bonchev–Trinajstić information content (AvgIpc) is 3.04. The second-order valence-corrected chi connectivity index (χ2v) is 6.83. The molecule has 0 unspecified atom stereocenters. The van der Waals surface area contributed by atoms with Gasteiger partial charge >= 0.3 is 0 Å². The van der Waals surface area contributed by atoms with Gasteiger partial charge in [0.2, 0.25) is 5.91 Å². The largest absolute Gasteiger partial charge is 0.396 e. The maximum atomic E-state index is 11.6. The van der Waals surface area contributed by atoms with Crippen molar-refractivity contribution in [3.05, 3.63) is 16.1 Å². The van der Waals surface area contributed by atoms with Crippen molar-refractivity contribution >= 4 is 29.0 Å². The third kappa shape index (κ3) is 3.96. The summed E-state index contributed by atoms with van der Waals surface area (Å²) in [4.78, 5) is 15.9. The number of carbonyl (C=O) groups excluding carboxylic acids is 1. The first-order valence-corrected chi connectivity index (χ1v) is 8.03. The van der Waals surface area contributed by atoms with Gasteiger partial charge in [-0.15, -0.1) is 23.1 Å². The second-order valence-electron chi connectivity index (χ2n) is 4.79. The van der Waals surface area contributed by atoms with Crippen molar-refractivity contribution in [2.45, 2.75) is 25.5 Å². The number of thioether (sulfide) groups is 1. The lowest BCUT2D eigenvalue weighted by atomic mass is 10.1. The lowest BCUT2D eigenvalue weighted by molar-refractivity contribution is -0.118. The van der Waals surface area contributed by atoms with Crippen molar-refractivity contribution in [1.82, 2.24) is 10.3 Å². The SMILES string of the molecule is Cc1nc(CSCC(=O)NCC2(CO)CC2)cs1. The minimum atomic E-state index is -0.00759. The predicted molar refractivity (Wildman–Crippen MR) is 74.8 cm³/mol. The van der Waals surface area contributed by atoms with E-state index < -0.39 is 0 Å². The van der Waals surface area contributed by atoms with Crippen LogP contribution in [0.4, 0.5) is 0 Å². The van der Waals surface area contributed by atoms with Crippen LogP contribution in [0.2, 0.25) is 0 Å². The lowest BCUT2D eigenvalue weighted by Crippen LogP contribution is -2.33. The van der Waals surface area contributed by atoms with E-state index in [9.17, 15) is 4.79 Å².